The number of aromatic nitrogens is 2. The second kappa shape index (κ2) is 6.31. The highest BCUT2D eigenvalue weighted by molar-refractivity contribution is 9.10. The van der Waals surface area contributed by atoms with E-state index >= 15 is 0 Å². The van der Waals surface area contributed by atoms with Crippen LogP contribution in [0.5, 0.6) is 0 Å². The van der Waals surface area contributed by atoms with Gasteiger partial charge in [0.15, 0.2) is 5.78 Å². The summed E-state index contributed by atoms with van der Waals surface area (Å²) in [6.07, 6.45) is 1.59. The van der Waals surface area contributed by atoms with Gasteiger partial charge in [-0.2, -0.15) is 5.10 Å². The maximum atomic E-state index is 12.0. The molecule has 0 N–H and O–H groups in total. The third-order valence-corrected chi connectivity index (χ3v) is 3.77. The number of rotatable bonds is 6. The number of aryl methyl sites for hydroxylation is 2. The average molecular weight is 303 g/mol. The summed E-state index contributed by atoms with van der Waals surface area (Å²) < 4.78 is 7.87. The lowest BCUT2D eigenvalue weighted by Crippen LogP contribution is -2.24. The first-order chi connectivity index (χ1) is 8.04. The molecule has 0 radical (unpaired) electrons. The Morgan fingerprint density at radius 2 is 2.18 bits per heavy atom. The van der Waals surface area contributed by atoms with Crippen LogP contribution in [-0.2, 0) is 29.4 Å². The molecule has 17 heavy (non-hydrogen) atoms. The minimum absolute atomic E-state index is 0.0985. The molecule has 0 aliphatic carbocycles. The van der Waals surface area contributed by atoms with Crippen molar-refractivity contribution < 1.29 is 9.53 Å². The smallest absolute Gasteiger partial charge is 0.167 e. The van der Waals surface area contributed by atoms with Crippen molar-refractivity contribution in [2.24, 2.45) is 7.05 Å². The zero-order valence-corrected chi connectivity index (χ0v) is 12.4. The van der Waals surface area contributed by atoms with E-state index in [1.54, 1.807) is 11.8 Å². The van der Waals surface area contributed by atoms with Crippen molar-refractivity contribution in [1.82, 2.24) is 9.78 Å². The van der Waals surface area contributed by atoms with Gasteiger partial charge in [-0.25, -0.2) is 0 Å². The molecule has 1 rings (SSSR count). The van der Waals surface area contributed by atoms with E-state index in [1.807, 2.05) is 20.9 Å². The van der Waals surface area contributed by atoms with Crippen molar-refractivity contribution in [3.63, 3.8) is 0 Å². The van der Waals surface area contributed by atoms with Crippen LogP contribution in [0, 0.1) is 0 Å². The third-order valence-electron chi connectivity index (χ3n) is 2.86. The molecule has 0 amide bonds. The Balaban J connectivity index is 2.88. The van der Waals surface area contributed by atoms with Crippen LogP contribution in [0.1, 0.15) is 31.7 Å². The quantitative estimate of drug-likeness (QED) is 0.810. The Bertz CT molecular complexity index is 397. The van der Waals surface area contributed by atoms with E-state index in [2.05, 4.69) is 21.0 Å². The molecule has 1 heterocycles. The van der Waals surface area contributed by atoms with E-state index < -0.39 is 0 Å². The number of methoxy groups -OCH3 is 1. The molecule has 5 heteroatoms. The summed E-state index contributed by atoms with van der Waals surface area (Å²) in [5.74, 6) is 0.0985. The van der Waals surface area contributed by atoms with E-state index in [0.717, 1.165) is 22.3 Å². The van der Waals surface area contributed by atoms with Gasteiger partial charge in [-0.3, -0.25) is 9.48 Å². The zero-order valence-electron chi connectivity index (χ0n) is 10.8. The van der Waals surface area contributed by atoms with Gasteiger partial charge in [0.1, 0.15) is 6.10 Å². The van der Waals surface area contributed by atoms with Crippen molar-refractivity contribution in [3.8, 4) is 0 Å². The van der Waals surface area contributed by atoms with E-state index in [1.165, 1.54) is 0 Å². The second-order valence-electron chi connectivity index (χ2n) is 3.96. The molecule has 1 atom stereocenters. The summed E-state index contributed by atoms with van der Waals surface area (Å²) in [5.41, 5.74) is 1.91. The lowest BCUT2D eigenvalue weighted by Gasteiger charge is -2.11. The number of hydrogen-bond donors (Lipinski definition) is 0. The first-order valence-corrected chi connectivity index (χ1v) is 6.60. The minimum Gasteiger partial charge on any atom is -0.374 e. The van der Waals surface area contributed by atoms with Gasteiger partial charge in [-0.1, -0.05) is 13.8 Å². The molecule has 1 aromatic rings. The topological polar surface area (TPSA) is 44.1 Å². The van der Waals surface area contributed by atoms with Crippen molar-refractivity contribution in [2.75, 3.05) is 7.11 Å². The largest absolute Gasteiger partial charge is 0.374 e. The monoisotopic (exact) mass is 302 g/mol. The van der Waals surface area contributed by atoms with Crippen LogP contribution in [0.25, 0.3) is 0 Å². The van der Waals surface area contributed by atoms with Gasteiger partial charge in [-0.05, 0) is 28.8 Å². The minimum atomic E-state index is -0.318. The Morgan fingerprint density at radius 1 is 1.53 bits per heavy atom. The number of carbonyl (C=O) groups excluding carboxylic acids is 1. The molecule has 0 saturated heterocycles. The number of ketones is 1. The van der Waals surface area contributed by atoms with Crippen LogP contribution < -0.4 is 0 Å². The Kier molecular flexibility index (Phi) is 5.33. The number of halogens is 1. The molecule has 0 aliphatic heterocycles. The first-order valence-electron chi connectivity index (χ1n) is 5.80. The molecule has 0 spiro atoms. The van der Waals surface area contributed by atoms with Gasteiger partial charge in [0, 0.05) is 14.2 Å². The number of hydrogen-bond acceptors (Lipinski definition) is 3. The molecule has 0 saturated carbocycles. The lowest BCUT2D eigenvalue weighted by atomic mass is 10.1. The number of carbonyl (C=O) groups is 1. The highest BCUT2D eigenvalue weighted by atomic mass is 79.9. The van der Waals surface area contributed by atoms with E-state index in [9.17, 15) is 4.79 Å². The first kappa shape index (κ1) is 14.4. The highest BCUT2D eigenvalue weighted by Gasteiger charge is 2.20. The average Bonchev–Trinajstić information content (AvgIpc) is 2.58. The Hall–Kier alpha value is -0.680. The summed E-state index contributed by atoms with van der Waals surface area (Å²) in [5, 5.41) is 4.37. The van der Waals surface area contributed by atoms with Crippen LogP contribution in [-0.4, -0.2) is 28.8 Å². The predicted octanol–water partition coefficient (Wildman–Crippen LogP) is 2.28. The maximum Gasteiger partial charge on any atom is 0.167 e. The van der Waals surface area contributed by atoms with Crippen LogP contribution >= 0.6 is 15.9 Å². The predicted molar refractivity (Wildman–Crippen MR) is 70.1 cm³/mol. The molecule has 1 unspecified atom stereocenters. The molecule has 4 nitrogen and oxygen atoms in total. The molecule has 0 fully saturated rings. The fourth-order valence-electron chi connectivity index (χ4n) is 1.82. The molecular formula is C12H19BrN2O2. The maximum absolute atomic E-state index is 12.0. The molecule has 0 aromatic carbocycles. The second-order valence-corrected chi connectivity index (χ2v) is 4.75. The van der Waals surface area contributed by atoms with Gasteiger partial charge in [-0.15, -0.1) is 0 Å². The SMILES string of the molecule is CCc1nn(C)c(CC(=O)C(CC)OC)c1Br. The lowest BCUT2D eigenvalue weighted by molar-refractivity contribution is -0.128. The normalized spacial score (nSPS) is 12.8. The molecule has 96 valence electrons. The van der Waals surface area contributed by atoms with Gasteiger partial charge < -0.3 is 4.74 Å². The fourth-order valence-corrected chi connectivity index (χ4v) is 2.57. The molecule has 0 aliphatic rings. The molecule has 1 aromatic heterocycles. The van der Waals surface area contributed by atoms with Crippen molar-refractivity contribution >= 4 is 21.7 Å². The number of Topliss-reactive ketones (excluding diaryl/α,β-unsaturated/α-hetero) is 1. The van der Waals surface area contributed by atoms with Crippen molar-refractivity contribution in [3.05, 3.63) is 15.9 Å². The summed E-state index contributed by atoms with van der Waals surface area (Å²) in [7, 11) is 3.43. The fraction of sp³-hybridized carbons (Fsp3) is 0.667. The summed E-state index contributed by atoms with van der Waals surface area (Å²) in [6.45, 7) is 3.99. The van der Waals surface area contributed by atoms with E-state index in [4.69, 9.17) is 4.74 Å². The Morgan fingerprint density at radius 3 is 2.59 bits per heavy atom. The Labute approximate surface area is 110 Å². The van der Waals surface area contributed by atoms with Gasteiger partial charge in [0.2, 0.25) is 0 Å². The highest BCUT2D eigenvalue weighted by Crippen LogP contribution is 2.22. The van der Waals surface area contributed by atoms with E-state index in [0.29, 0.717) is 12.8 Å². The third kappa shape index (κ3) is 3.16. The van der Waals surface area contributed by atoms with Crippen molar-refractivity contribution in [2.45, 2.75) is 39.2 Å². The molecular weight excluding hydrogens is 284 g/mol. The van der Waals surface area contributed by atoms with Crippen LogP contribution in [0.3, 0.4) is 0 Å². The van der Waals surface area contributed by atoms with Gasteiger partial charge in [0.25, 0.3) is 0 Å². The van der Waals surface area contributed by atoms with E-state index in [-0.39, 0.29) is 11.9 Å². The summed E-state index contributed by atoms with van der Waals surface area (Å²) in [6, 6.07) is 0. The summed E-state index contributed by atoms with van der Waals surface area (Å²) >= 11 is 3.51. The van der Waals surface area contributed by atoms with Gasteiger partial charge in [0.05, 0.1) is 22.3 Å². The van der Waals surface area contributed by atoms with Crippen molar-refractivity contribution in [1.29, 1.82) is 0 Å². The number of ether oxygens (including phenoxy) is 1. The standard InChI is InChI=1S/C12H19BrN2O2/c1-5-8-12(13)9(15(3)14-8)7-10(16)11(6-2)17-4/h11H,5-7H2,1-4H3. The van der Waals surface area contributed by atoms with Gasteiger partial charge >= 0.3 is 0 Å². The summed E-state index contributed by atoms with van der Waals surface area (Å²) in [4.78, 5) is 12.0. The van der Waals surface area contributed by atoms with Crippen LogP contribution in [0.4, 0.5) is 0 Å². The molecule has 0 bridgehead atoms. The van der Waals surface area contributed by atoms with Crippen LogP contribution in [0.15, 0.2) is 4.47 Å². The number of nitrogens with zero attached hydrogens (tertiary/aromatic N) is 2. The zero-order chi connectivity index (χ0) is 13.0. The van der Waals surface area contributed by atoms with Crippen LogP contribution in [0.2, 0.25) is 0 Å².